The Labute approximate surface area is 126 Å². The first-order valence-electron chi connectivity index (χ1n) is 7.80. The second-order valence-corrected chi connectivity index (χ2v) is 6.88. The Hall–Kier alpha value is -0.260. The van der Waals surface area contributed by atoms with Crippen LogP contribution in [0.4, 0.5) is 0 Å². The van der Waals surface area contributed by atoms with Crippen LogP contribution in [0.3, 0.4) is 0 Å². The average Bonchev–Trinajstić information content (AvgIpc) is 2.46. The van der Waals surface area contributed by atoms with Gasteiger partial charge in [-0.2, -0.15) is 11.8 Å². The fourth-order valence-corrected chi connectivity index (χ4v) is 4.51. The molecule has 2 aliphatic rings. The Morgan fingerprint density at radius 2 is 2.15 bits per heavy atom. The third kappa shape index (κ3) is 4.12. The molecule has 0 saturated carbocycles. The largest absolute Gasteiger partial charge is 0.465 e. The minimum absolute atomic E-state index is 0.0796. The van der Waals surface area contributed by atoms with Gasteiger partial charge >= 0.3 is 5.97 Å². The molecular formula is C15H27NO3S. The van der Waals surface area contributed by atoms with Crippen molar-refractivity contribution in [2.75, 3.05) is 37.8 Å². The standard InChI is InChI=1S/C15H27NO3S/c1-3-16(12-14(17)18-4-2)13-5-8-19-15(11-13)6-9-20-10-7-15/h13H,3-12H2,1-2H3. The van der Waals surface area contributed by atoms with Crippen LogP contribution in [0.1, 0.15) is 39.5 Å². The normalized spacial score (nSPS) is 25.9. The SMILES string of the molecule is CCOC(=O)CN(CC)C1CCOC2(CCSCC2)C1. The van der Waals surface area contributed by atoms with E-state index in [4.69, 9.17) is 9.47 Å². The molecule has 0 aromatic rings. The lowest BCUT2D eigenvalue weighted by Gasteiger charge is -2.46. The van der Waals surface area contributed by atoms with Gasteiger partial charge in [-0.1, -0.05) is 6.92 Å². The van der Waals surface area contributed by atoms with E-state index in [0.29, 0.717) is 19.2 Å². The third-order valence-electron chi connectivity index (χ3n) is 4.43. The van der Waals surface area contributed by atoms with Gasteiger partial charge in [-0.3, -0.25) is 9.69 Å². The maximum atomic E-state index is 11.7. The highest BCUT2D eigenvalue weighted by Crippen LogP contribution is 2.38. The maximum absolute atomic E-state index is 11.7. The summed E-state index contributed by atoms with van der Waals surface area (Å²) in [7, 11) is 0. The van der Waals surface area contributed by atoms with E-state index in [1.54, 1.807) is 0 Å². The molecule has 116 valence electrons. The molecule has 2 fully saturated rings. The Balaban J connectivity index is 1.93. The lowest BCUT2D eigenvalue weighted by Crippen LogP contribution is -2.51. The summed E-state index contributed by atoms with van der Waals surface area (Å²) in [6.45, 7) is 6.59. The topological polar surface area (TPSA) is 38.8 Å². The number of ether oxygens (including phenoxy) is 2. The van der Waals surface area contributed by atoms with Gasteiger partial charge in [0.05, 0.1) is 18.8 Å². The predicted molar refractivity (Wildman–Crippen MR) is 82.1 cm³/mol. The van der Waals surface area contributed by atoms with Crippen LogP contribution in [0.25, 0.3) is 0 Å². The van der Waals surface area contributed by atoms with Gasteiger partial charge in [0, 0.05) is 12.6 Å². The van der Waals surface area contributed by atoms with E-state index in [2.05, 4.69) is 11.8 Å². The van der Waals surface area contributed by atoms with E-state index in [9.17, 15) is 4.79 Å². The molecule has 1 spiro atoms. The summed E-state index contributed by atoms with van der Waals surface area (Å²) in [5, 5.41) is 0. The van der Waals surface area contributed by atoms with Crippen molar-refractivity contribution in [2.24, 2.45) is 0 Å². The highest BCUT2D eigenvalue weighted by atomic mass is 32.2. The minimum Gasteiger partial charge on any atom is -0.465 e. The zero-order valence-corrected chi connectivity index (χ0v) is 13.5. The first kappa shape index (κ1) is 16.1. The number of rotatable bonds is 5. The van der Waals surface area contributed by atoms with Crippen LogP contribution in [0, 0.1) is 0 Å². The van der Waals surface area contributed by atoms with E-state index < -0.39 is 0 Å². The summed E-state index contributed by atoms with van der Waals surface area (Å²) >= 11 is 2.03. The van der Waals surface area contributed by atoms with E-state index in [1.807, 2.05) is 18.7 Å². The van der Waals surface area contributed by atoms with Crippen molar-refractivity contribution in [1.82, 2.24) is 4.90 Å². The molecule has 2 heterocycles. The fourth-order valence-electron chi connectivity index (χ4n) is 3.28. The summed E-state index contributed by atoms with van der Waals surface area (Å²) in [5.74, 6) is 2.31. The molecule has 0 aromatic heterocycles. The zero-order chi connectivity index (χ0) is 14.4. The summed E-state index contributed by atoms with van der Waals surface area (Å²) in [4.78, 5) is 14.0. The Morgan fingerprint density at radius 3 is 2.80 bits per heavy atom. The van der Waals surface area contributed by atoms with Crippen molar-refractivity contribution in [3.8, 4) is 0 Å². The van der Waals surface area contributed by atoms with Crippen molar-refractivity contribution < 1.29 is 14.3 Å². The number of thioether (sulfide) groups is 1. The van der Waals surface area contributed by atoms with Crippen molar-refractivity contribution in [1.29, 1.82) is 0 Å². The van der Waals surface area contributed by atoms with E-state index in [0.717, 1.165) is 38.8 Å². The monoisotopic (exact) mass is 301 g/mol. The number of carbonyl (C=O) groups excluding carboxylic acids is 1. The number of likely N-dealkylation sites (N-methyl/N-ethyl adjacent to an activating group) is 1. The summed E-state index contributed by atoms with van der Waals surface area (Å²) in [6, 6.07) is 0.459. The van der Waals surface area contributed by atoms with E-state index >= 15 is 0 Å². The van der Waals surface area contributed by atoms with Crippen molar-refractivity contribution >= 4 is 17.7 Å². The molecule has 0 aromatic carbocycles. The van der Waals surface area contributed by atoms with Crippen molar-refractivity contribution in [3.63, 3.8) is 0 Å². The van der Waals surface area contributed by atoms with Crippen LogP contribution in [0.2, 0.25) is 0 Å². The number of esters is 1. The van der Waals surface area contributed by atoms with Crippen LogP contribution in [-0.4, -0.2) is 60.3 Å². The molecule has 0 radical (unpaired) electrons. The average molecular weight is 301 g/mol. The van der Waals surface area contributed by atoms with Crippen LogP contribution in [0.5, 0.6) is 0 Å². The molecule has 2 aliphatic heterocycles. The molecule has 1 unspecified atom stereocenters. The fraction of sp³-hybridized carbons (Fsp3) is 0.933. The van der Waals surface area contributed by atoms with Gasteiger partial charge in [-0.15, -0.1) is 0 Å². The molecule has 0 bridgehead atoms. The molecule has 5 heteroatoms. The smallest absolute Gasteiger partial charge is 0.320 e. The van der Waals surface area contributed by atoms with Gasteiger partial charge in [0.25, 0.3) is 0 Å². The van der Waals surface area contributed by atoms with Crippen LogP contribution >= 0.6 is 11.8 Å². The molecule has 1 atom stereocenters. The summed E-state index contributed by atoms with van der Waals surface area (Å²) < 4.78 is 11.2. The second kappa shape index (κ2) is 7.66. The Kier molecular flexibility index (Phi) is 6.18. The maximum Gasteiger partial charge on any atom is 0.320 e. The molecule has 0 N–H and O–H groups in total. The number of hydrogen-bond donors (Lipinski definition) is 0. The van der Waals surface area contributed by atoms with Gasteiger partial charge in [0.2, 0.25) is 0 Å². The Morgan fingerprint density at radius 1 is 1.40 bits per heavy atom. The van der Waals surface area contributed by atoms with E-state index in [-0.39, 0.29) is 11.6 Å². The zero-order valence-electron chi connectivity index (χ0n) is 12.7. The van der Waals surface area contributed by atoms with Crippen LogP contribution in [-0.2, 0) is 14.3 Å². The summed E-state index contributed by atoms with van der Waals surface area (Å²) in [6.07, 6.45) is 4.42. The molecule has 4 nitrogen and oxygen atoms in total. The predicted octanol–water partition coefficient (Wildman–Crippen LogP) is 2.32. The minimum atomic E-state index is -0.103. The summed E-state index contributed by atoms with van der Waals surface area (Å²) in [5.41, 5.74) is 0.0796. The molecule has 2 saturated heterocycles. The highest BCUT2D eigenvalue weighted by molar-refractivity contribution is 7.99. The van der Waals surface area contributed by atoms with Crippen LogP contribution in [0.15, 0.2) is 0 Å². The lowest BCUT2D eigenvalue weighted by molar-refractivity contribution is -0.148. The third-order valence-corrected chi connectivity index (χ3v) is 5.42. The lowest BCUT2D eigenvalue weighted by atomic mass is 9.85. The second-order valence-electron chi connectivity index (χ2n) is 5.66. The van der Waals surface area contributed by atoms with Gasteiger partial charge in [-0.05, 0) is 50.7 Å². The first-order chi connectivity index (χ1) is 9.69. The van der Waals surface area contributed by atoms with Crippen LogP contribution < -0.4 is 0 Å². The molecular weight excluding hydrogens is 274 g/mol. The first-order valence-corrected chi connectivity index (χ1v) is 8.96. The Bertz CT molecular complexity index is 313. The quantitative estimate of drug-likeness (QED) is 0.729. The molecule has 2 rings (SSSR count). The number of hydrogen-bond acceptors (Lipinski definition) is 5. The van der Waals surface area contributed by atoms with Crippen molar-refractivity contribution in [2.45, 2.75) is 51.2 Å². The highest BCUT2D eigenvalue weighted by Gasteiger charge is 2.40. The number of carbonyl (C=O) groups is 1. The van der Waals surface area contributed by atoms with Gasteiger partial charge in [-0.25, -0.2) is 0 Å². The van der Waals surface area contributed by atoms with Gasteiger partial charge in [0.15, 0.2) is 0 Å². The number of nitrogens with zero attached hydrogens (tertiary/aromatic N) is 1. The molecule has 20 heavy (non-hydrogen) atoms. The van der Waals surface area contributed by atoms with Crippen molar-refractivity contribution in [3.05, 3.63) is 0 Å². The van der Waals surface area contributed by atoms with Gasteiger partial charge in [0.1, 0.15) is 0 Å². The molecule has 0 aliphatic carbocycles. The molecule has 0 amide bonds. The van der Waals surface area contributed by atoms with E-state index in [1.165, 1.54) is 11.5 Å². The van der Waals surface area contributed by atoms with Gasteiger partial charge < -0.3 is 9.47 Å².